The van der Waals surface area contributed by atoms with Crippen LogP contribution in [0.15, 0.2) is 60.9 Å². The summed E-state index contributed by atoms with van der Waals surface area (Å²) in [7, 11) is 1.75. The normalized spacial score (nSPS) is 10.4. The smallest absolute Gasteiger partial charge is 0.274 e. The zero-order valence-electron chi connectivity index (χ0n) is 14.3. The van der Waals surface area contributed by atoms with Crippen LogP contribution in [0, 0.1) is 0 Å². The highest BCUT2D eigenvalue weighted by Gasteiger charge is 2.14. The molecule has 26 heavy (non-hydrogen) atoms. The Labute approximate surface area is 156 Å². The van der Waals surface area contributed by atoms with Crippen LogP contribution < -0.4 is 5.32 Å². The minimum Gasteiger partial charge on any atom is -0.340 e. The molecule has 3 rings (SSSR count). The first kappa shape index (κ1) is 17.8. The fourth-order valence-corrected chi connectivity index (χ4v) is 2.56. The maximum absolute atomic E-state index is 12.5. The molecule has 132 valence electrons. The summed E-state index contributed by atoms with van der Waals surface area (Å²) in [4.78, 5) is 18.1. The largest absolute Gasteiger partial charge is 0.340 e. The molecule has 0 spiro atoms. The SMILES string of the molecule is CN(CCc1ccncc1)C(=O)c1ccc(Nc2cccc(Cl)c2)nn1. The lowest BCUT2D eigenvalue weighted by atomic mass is 10.2. The molecule has 0 aliphatic carbocycles. The van der Waals surface area contributed by atoms with Gasteiger partial charge in [-0.25, -0.2) is 0 Å². The summed E-state index contributed by atoms with van der Waals surface area (Å²) in [6.45, 7) is 0.590. The second-order valence-corrected chi connectivity index (χ2v) is 6.21. The summed E-state index contributed by atoms with van der Waals surface area (Å²) < 4.78 is 0. The Morgan fingerprint density at radius 2 is 1.92 bits per heavy atom. The van der Waals surface area contributed by atoms with Crippen molar-refractivity contribution in [3.05, 3.63) is 77.2 Å². The highest BCUT2D eigenvalue weighted by molar-refractivity contribution is 6.30. The number of pyridine rings is 1. The van der Waals surface area contributed by atoms with Gasteiger partial charge >= 0.3 is 0 Å². The molecule has 0 saturated heterocycles. The fraction of sp³-hybridized carbons (Fsp3) is 0.158. The molecule has 0 unspecified atom stereocenters. The van der Waals surface area contributed by atoms with Gasteiger partial charge in [-0.1, -0.05) is 17.7 Å². The molecule has 0 aliphatic rings. The van der Waals surface area contributed by atoms with Gasteiger partial charge in [0.1, 0.15) is 0 Å². The molecule has 2 heterocycles. The molecule has 1 amide bonds. The number of halogens is 1. The van der Waals surface area contributed by atoms with Crippen LogP contribution in [0.3, 0.4) is 0 Å². The van der Waals surface area contributed by atoms with Crippen LogP contribution in [0.25, 0.3) is 0 Å². The number of carbonyl (C=O) groups excluding carboxylic acids is 1. The summed E-state index contributed by atoms with van der Waals surface area (Å²) in [5.41, 5.74) is 2.24. The number of benzene rings is 1. The molecular formula is C19H18ClN5O. The molecule has 0 aliphatic heterocycles. The van der Waals surface area contributed by atoms with Crippen molar-refractivity contribution in [3.63, 3.8) is 0 Å². The Morgan fingerprint density at radius 3 is 2.62 bits per heavy atom. The van der Waals surface area contributed by atoms with E-state index in [-0.39, 0.29) is 5.91 Å². The number of amides is 1. The monoisotopic (exact) mass is 367 g/mol. The molecule has 0 atom stereocenters. The fourth-order valence-electron chi connectivity index (χ4n) is 2.37. The van der Waals surface area contributed by atoms with E-state index in [2.05, 4.69) is 20.5 Å². The van der Waals surface area contributed by atoms with Crippen molar-refractivity contribution in [3.8, 4) is 0 Å². The molecule has 1 aromatic carbocycles. The average molecular weight is 368 g/mol. The highest BCUT2D eigenvalue weighted by atomic mass is 35.5. The number of hydrogen-bond acceptors (Lipinski definition) is 5. The number of carbonyl (C=O) groups is 1. The molecular weight excluding hydrogens is 350 g/mol. The quantitative estimate of drug-likeness (QED) is 0.721. The first-order valence-electron chi connectivity index (χ1n) is 8.12. The van der Waals surface area contributed by atoms with E-state index < -0.39 is 0 Å². The zero-order valence-corrected chi connectivity index (χ0v) is 15.0. The second-order valence-electron chi connectivity index (χ2n) is 5.77. The lowest BCUT2D eigenvalue weighted by Gasteiger charge is -2.16. The molecule has 1 N–H and O–H groups in total. The minimum absolute atomic E-state index is 0.166. The summed E-state index contributed by atoms with van der Waals surface area (Å²) in [6.07, 6.45) is 4.25. The van der Waals surface area contributed by atoms with Crippen molar-refractivity contribution < 1.29 is 4.79 Å². The van der Waals surface area contributed by atoms with Gasteiger partial charge in [0, 0.05) is 36.7 Å². The van der Waals surface area contributed by atoms with Crippen molar-refractivity contribution in [1.82, 2.24) is 20.1 Å². The van der Waals surface area contributed by atoms with Gasteiger partial charge in [-0.3, -0.25) is 9.78 Å². The summed E-state index contributed by atoms with van der Waals surface area (Å²) in [5, 5.41) is 11.8. The van der Waals surface area contributed by atoms with E-state index in [9.17, 15) is 4.79 Å². The third-order valence-electron chi connectivity index (χ3n) is 3.81. The van der Waals surface area contributed by atoms with E-state index in [1.54, 1.807) is 48.6 Å². The van der Waals surface area contributed by atoms with E-state index in [1.807, 2.05) is 24.3 Å². The predicted molar refractivity (Wildman–Crippen MR) is 102 cm³/mol. The molecule has 2 aromatic heterocycles. The minimum atomic E-state index is -0.166. The van der Waals surface area contributed by atoms with Gasteiger partial charge < -0.3 is 10.2 Å². The molecule has 0 fully saturated rings. The van der Waals surface area contributed by atoms with Crippen molar-refractivity contribution in [2.75, 3.05) is 18.9 Å². The molecule has 0 saturated carbocycles. The van der Waals surface area contributed by atoms with Gasteiger partial charge in [0.25, 0.3) is 5.91 Å². The third-order valence-corrected chi connectivity index (χ3v) is 4.05. The van der Waals surface area contributed by atoms with Gasteiger partial charge in [-0.2, -0.15) is 0 Å². The Morgan fingerprint density at radius 1 is 1.12 bits per heavy atom. The third kappa shape index (κ3) is 4.77. The second kappa shape index (κ2) is 8.40. The highest BCUT2D eigenvalue weighted by Crippen LogP contribution is 2.18. The van der Waals surface area contributed by atoms with Crippen LogP contribution in [-0.2, 0) is 6.42 Å². The average Bonchev–Trinajstić information content (AvgIpc) is 2.67. The van der Waals surface area contributed by atoms with Crippen molar-refractivity contribution >= 4 is 29.0 Å². The topological polar surface area (TPSA) is 71.0 Å². The zero-order chi connectivity index (χ0) is 18.4. The number of rotatable bonds is 6. The molecule has 6 nitrogen and oxygen atoms in total. The standard InChI is InChI=1S/C19H18ClN5O/c1-25(12-9-14-7-10-21-11-8-14)19(26)17-5-6-18(24-23-17)22-16-4-2-3-15(20)13-16/h2-8,10-11,13H,9,12H2,1H3,(H,22,24). The predicted octanol–water partition coefficient (Wildman–Crippen LogP) is 3.58. The van der Waals surface area contributed by atoms with Gasteiger partial charge in [0.15, 0.2) is 11.5 Å². The summed E-state index contributed by atoms with van der Waals surface area (Å²) in [5.74, 6) is 0.379. The molecule has 7 heteroatoms. The van der Waals surface area contributed by atoms with Gasteiger partial charge in [-0.15, -0.1) is 10.2 Å². The van der Waals surface area contributed by atoms with Crippen LogP contribution >= 0.6 is 11.6 Å². The van der Waals surface area contributed by atoms with Crippen molar-refractivity contribution in [2.24, 2.45) is 0 Å². The number of nitrogens with one attached hydrogen (secondary N) is 1. The first-order chi connectivity index (χ1) is 12.6. The maximum atomic E-state index is 12.5. The van der Waals surface area contributed by atoms with E-state index in [1.165, 1.54) is 0 Å². The van der Waals surface area contributed by atoms with Crippen molar-refractivity contribution in [2.45, 2.75) is 6.42 Å². The van der Waals surface area contributed by atoms with Gasteiger partial charge in [0.05, 0.1) is 0 Å². The Balaban J connectivity index is 1.59. The van der Waals surface area contributed by atoms with Gasteiger partial charge in [-0.05, 0) is 54.4 Å². The van der Waals surface area contributed by atoms with E-state index in [0.717, 1.165) is 17.7 Å². The van der Waals surface area contributed by atoms with Crippen LogP contribution in [0.2, 0.25) is 5.02 Å². The number of aromatic nitrogens is 3. The van der Waals surface area contributed by atoms with Crippen LogP contribution in [-0.4, -0.2) is 39.6 Å². The summed E-state index contributed by atoms with van der Waals surface area (Å²) >= 11 is 5.96. The van der Waals surface area contributed by atoms with E-state index >= 15 is 0 Å². The maximum Gasteiger partial charge on any atom is 0.274 e. The van der Waals surface area contributed by atoms with Crippen LogP contribution in [0.5, 0.6) is 0 Å². The summed E-state index contributed by atoms with van der Waals surface area (Å²) in [6, 6.07) is 14.6. The van der Waals surface area contributed by atoms with Gasteiger partial charge in [0.2, 0.25) is 0 Å². The number of likely N-dealkylation sites (N-methyl/N-ethyl adjacent to an activating group) is 1. The first-order valence-corrected chi connectivity index (χ1v) is 8.50. The lowest BCUT2D eigenvalue weighted by molar-refractivity contribution is 0.0789. The number of hydrogen-bond donors (Lipinski definition) is 1. The number of nitrogens with zero attached hydrogens (tertiary/aromatic N) is 4. The lowest BCUT2D eigenvalue weighted by Crippen LogP contribution is -2.29. The molecule has 0 radical (unpaired) electrons. The van der Waals surface area contributed by atoms with Crippen LogP contribution in [0.1, 0.15) is 16.1 Å². The Kier molecular flexibility index (Phi) is 5.76. The number of anilines is 2. The molecule has 3 aromatic rings. The Bertz CT molecular complexity index is 871. The molecule has 0 bridgehead atoms. The Hall–Kier alpha value is -2.99. The van der Waals surface area contributed by atoms with Crippen LogP contribution in [0.4, 0.5) is 11.5 Å². The van der Waals surface area contributed by atoms with E-state index in [4.69, 9.17) is 11.6 Å². The van der Waals surface area contributed by atoms with Crippen molar-refractivity contribution in [1.29, 1.82) is 0 Å². The van der Waals surface area contributed by atoms with E-state index in [0.29, 0.717) is 23.1 Å².